The number of hydrogen-bond donors (Lipinski definition) is 1. The molecule has 5 rings (SSSR count). The van der Waals surface area contributed by atoms with Gasteiger partial charge in [-0.3, -0.25) is 14.6 Å². The highest BCUT2D eigenvalue weighted by molar-refractivity contribution is 5.98. The third kappa shape index (κ3) is 4.95. The number of benzene rings is 2. The normalized spacial score (nSPS) is 15.9. The predicted molar refractivity (Wildman–Crippen MR) is 133 cm³/mol. The molecule has 2 atom stereocenters. The first-order chi connectivity index (χ1) is 17.6. The van der Waals surface area contributed by atoms with Gasteiger partial charge in [0.1, 0.15) is 17.5 Å². The van der Waals surface area contributed by atoms with E-state index in [1.807, 2.05) is 53.3 Å². The highest BCUT2D eigenvalue weighted by Crippen LogP contribution is 2.26. The lowest BCUT2D eigenvalue weighted by atomic mass is 10.0. The molecule has 3 heterocycles. The fourth-order valence-corrected chi connectivity index (χ4v) is 4.34. The lowest BCUT2D eigenvalue weighted by Crippen LogP contribution is -2.42. The first-order valence-electron chi connectivity index (χ1n) is 11.7. The van der Waals surface area contributed by atoms with Crippen molar-refractivity contribution in [2.75, 3.05) is 20.2 Å². The molecule has 1 N–H and O–H groups in total. The lowest BCUT2D eigenvalue weighted by molar-refractivity contribution is -0.132. The van der Waals surface area contributed by atoms with Crippen molar-refractivity contribution < 1.29 is 14.3 Å². The minimum Gasteiger partial charge on any atom is -0.497 e. The molecule has 2 amide bonds. The topological polar surface area (TPSA) is 102 Å². The van der Waals surface area contributed by atoms with Crippen molar-refractivity contribution in [3.8, 4) is 17.0 Å². The van der Waals surface area contributed by atoms with E-state index < -0.39 is 6.04 Å². The standard InChI is InChI=1S/C27H26N6O3/c1-36-23-9-7-21(8-10-23)26(34)29-25(20-5-3-2-4-6-20)27(35)32-16-13-22(17-32)33-18-24(30-31-33)19-11-14-28-15-12-19/h2-12,14-15,18,22,25H,13,16-17H2,1H3,(H,29,34)/t22-,25?/m0/s1. The summed E-state index contributed by atoms with van der Waals surface area (Å²) >= 11 is 0. The van der Waals surface area contributed by atoms with E-state index in [2.05, 4.69) is 20.6 Å². The van der Waals surface area contributed by atoms with Crippen molar-refractivity contribution in [1.29, 1.82) is 0 Å². The number of amides is 2. The number of nitrogens with zero attached hydrogens (tertiary/aromatic N) is 5. The number of likely N-dealkylation sites (tertiary alicyclic amines) is 1. The molecule has 1 aliphatic rings. The van der Waals surface area contributed by atoms with Crippen LogP contribution in [0.2, 0.25) is 0 Å². The van der Waals surface area contributed by atoms with Gasteiger partial charge >= 0.3 is 0 Å². The molecule has 0 aliphatic carbocycles. The Kier molecular flexibility index (Phi) is 6.70. The lowest BCUT2D eigenvalue weighted by Gasteiger charge is -2.25. The fourth-order valence-electron chi connectivity index (χ4n) is 4.34. The van der Waals surface area contributed by atoms with Gasteiger partial charge in [0, 0.05) is 36.6 Å². The molecule has 1 saturated heterocycles. The van der Waals surface area contributed by atoms with Gasteiger partial charge in [-0.25, -0.2) is 4.68 Å². The van der Waals surface area contributed by atoms with Gasteiger partial charge in [0.15, 0.2) is 0 Å². The van der Waals surface area contributed by atoms with Crippen LogP contribution in [0, 0.1) is 0 Å². The van der Waals surface area contributed by atoms with Crippen molar-refractivity contribution in [1.82, 2.24) is 30.2 Å². The molecule has 0 bridgehead atoms. The van der Waals surface area contributed by atoms with Gasteiger partial charge in [-0.2, -0.15) is 0 Å². The number of methoxy groups -OCH3 is 1. The first-order valence-corrected chi connectivity index (χ1v) is 11.7. The molecule has 182 valence electrons. The van der Waals surface area contributed by atoms with Crippen LogP contribution in [-0.2, 0) is 4.79 Å². The summed E-state index contributed by atoms with van der Waals surface area (Å²) < 4.78 is 6.99. The summed E-state index contributed by atoms with van der Waals surface area (Å²) in [6.07, 6.45) is 6.08. The molecule has 4 aromatic rings. The molecule has 1 unspecified atom stereocenters. The summed E-state index contributed by atoms with van der Waals surface area (Å²) in [5.41, 5.74) is 2.88. The Morgan fingerprint density at radius 1 is 1.03 bits per heavy atom. The second kappa shape index (κ2) is 10.4. The molecule has 0 spiro atoms. The molecule has 0 saturated carbocycles. The molecule has 1 fully saturated rings. The number of pyridine rings is 1. The Hall–Kier alpha value is -4.53. The second-order valence-corrected chi connectivity index (χ2v) is 8.59. The van der Waals surface area contributed by atoms with Gasteiger partial charge < -0.3 is 15.0 Å². The van der Waals surface area contributed by atoms with E-state index in [-0.39, 0.29) is 17.9 Å². The van der Waals surface area contributed by atoms with Crippen molar-refractivity contribution in [2.24, 2.45) is 0 Å². The van der Waals surface area contributed by atoms with E-state index in [0.29, 0.717) is 24.4 Å². The summed E-state index contributed by atoms with van der Waals surface area (Å²) in [5.74, 6) is 0.180. The average molecular weight is 483 g/mol. The van der Waals surface area contributed by atoms with Gasteiger partial charge in [-0.05, 0) is 48.4 Å². The minimum absolute atomic E-state index is 0.00532. The van der Waals surface area contributed by atoms with Crippen LogP contribution in [0.5, 0.6) is 5.75 Å². The van der Waals surface area contributed by atoms with Gasteiger partial charge in [-0.1, -0.05) is 35.5 Å². The highest BCUT2D eigenvalue weighted by Gasteiger charge is 2.34. The Balaban J connectivity index is 1.31. The zero-order chi connectivity index (χ0) is 24.9. The fraction of sp³-hybridized carbons (Fsp3) is 0.222. The molecule has 2 aromatic carbocycles. The van der Waals surface area contributed by atoms with Crippen LogP contribution < -0.4 is 10.1 Å². The minimum atomic E-state index is -0.803. The molecular formula is C27H26N6O3. The van der Waals surface area contributed by atoms with Crippen molar-refractivity contribution >= 4 is 11.8 Å². The number of carbonyl (C=O) groups excluding carboxylic acids is 2. The number of aromatic nitrogens is 4. The van der Waals surface area contributed by atoms with Gasteiger partial charge in [0.2, 0.25) is 5.91 Å². The maximum absolute atomic E-state index is 13.7. The SMILES string of the molecule is COc1ccc(C(=O)NC(C(=O)N2CC[C@H](n3cc(-c4ccncc4)nn3)C2)c2ccccc2)cc1. The van der Waals surface area contributed by atoms with Crippen LogP contribution in [0.25, 0.3) is 11.3 Å². The number of ether oxygens (including phenoxy) is 1. The summed E-state index contributed by atoms with van der Waals surface area (Å²) in [5, 5.41) is 11.5. The maximum atomic E-state index is 13.7. The Morgan fingerprint density at radius 3 is 2.50 bits per heavy atom. The number of carbonyl (C=O) groups is 2. The number of hydrogen-bond acceptors (Lipinski definition) is 6. The smallest absolute Gasteiger partial charge is 0.252 e. The quantitative estimate of drug-likeness (QED) is 0.434. The molecule has 2 aromatic heterocycles. The van der Waals surface area contributed by atoms with E-state index >= 15 is 0 Å². The van der Waals surface area contributed by atoms with E-state index in [1.54, 1.807) is 48.7 Å². The van der Waals surface area contributed by atoms with Crippen molar-refractivity contribution in [3.63, 3.8) is 0 Å². The number of nitrogens with one attached hydrogen (secondary N) is 1. The van der Waals surface area contributed by atoms with Crippen molar-refractivity contribution in [3.05, 3.63) is 96.4 Å². The summed E-state index contributed by atoms with van der Waals surface area (Å²) in [6.45, 7) is 1.05. The van der Waals surface area contributed by atoms with Gasteiger partial charge in [-0.15, -0.1) is 5.10 Å². The van der Waals surface area contributed by atoms with Gasteiger partial charge in [0.05, 0.1) is 19.3 Å². The zero-order valence-corrected chi connectivity index (χ0v) is 19.8. The Morgan fingerprint density at radius 2 is 1.78 bits per heavy atom. The molecule has 9 nitrogen and oxygen atoms in total. The third-order valence-electron chi connectivity index (χ3n) is 6.34. The van der Waals surface area contributed by atoms with Crippen LogP contribution in [0.15, 0.2) is 85.3 Å². The van der Waals surface area contributed by atoms with E-state index in [9.17, 15) is 9.59 Å². The van der Waals surface area contributed by atoms with Crippen LogP contribution in [-0.4, -0.2) is 56.9 Å². The monoisotopic (exact) mass is 482 g/mol. The molecule has 36 heavy (non-hydrogen) atoms. The average Bonchev–Trinajstić information content (AvgIpc) is 3.63. The molecule has 1 aliphatic heterocycles. The van der Waals surface area contributed by atoms with Crippen LogP contribution in [0.3, 0.4) is 0 Å². The van der Waals surface area contributed by atoms with E-state index in [0.717, 1.165) is 23.2 Å². The number of rotatable bonds is 7. The third-order valence-corrected chi connectivity index (χ3v) is 6.34. The van der Waals surface area contributed by atoms with Crippen molar-refractivity contribution in [2.45, 2.75) is 18.5 Å². The zero-order valence-electron chi connectivity index (χ0n) is 19.8. The van der Waals surface area contributed by atoms with Crippen LogP contribution in [0.1, 0.15) is 34.4 Å². The van der Waals surface area contributed by atoms with E-state index in [4.69, 9.17) is 4.74 Å². The molecule has 0 radical (unpaired) electrons. The summed E-state index contributed by atoms with van der Waals surface area (Å²) in [4.78, 5) is 32.5. The van der Waals surface area contributed by atoms with E-state index in [1.165, 1.54) is 0 Å². The molecule has 9 heteroatoms. The predicted octanol–water partition coefficient (Wildman–Crippen LogP) is 3.29. The Labute approximate surface area is 208 Å². The highest BCUT2D eigenvalue weighted by atomic mass is 16.5. The largest absolute Gasteiger partial charge is 0.497 e. The summed E-state index contributed by atoms with van der Waals surface area (Å²) in [7, 11) is 1.57. The first kappa shape index (κ1) is 23.2. The summed E-state index contributed by atoms with van der Waals surface area (Å²) in [6, 6.07) is 19.1. The second-order valence-electron chi connectivity index (χ2n) is 8.59. The molecular weight excluding hydrogens is 456 g/mol. The maximum Gasteiger partial charge on any atom is 0.252 e. The Bertz CT molecular complexity index is 1320. The van der Waals surface area contributed by atoms with Crippen LogP contribution >= 0.6 is 0 Å². The van der Waals surface area contributed by atoms with Crippen LogP contribution in [0.4, 0.5) is 0 Å². The van der Waals surface area contributed by atoms with Gasteiger partial charge in [0.25, 0.3) is 5.91 Å².